The van der Waals surface area contributed by atoms with Crippen LogP contribution < -0.4 is 0 Å². The summed E-state index contributed by atoms with van der Waals surface area (Å²) in [5, 5.41) is 8.94. The monoisotopic (exact) mass is 390 g/mol. The lowest BCUT2D eigenvalue weighted by atomic mass is 10.0. The zero-order valence-corrected chi connectivity index (χ0v) is 18.3. The third kappa shape index (κ3) is 12.2. The maximum Gasteiger partial charge on any atom is 0.335 e. The molecular weight excluding hydrogens is 348 g/mol. The number of carboxylic acids is 1. The van der Waals surface area contributed by atoms with Gasteiger partial charge in [0.05, 0.1) is 11.7 Å². The van der Waals surface area contributed by atoms with E-state index in [4.69, 9.17) is 9.84 Å². The van der Waals surface area contributed by atoms with Crippen molar-refractivity contribution in [3.8, 4) is 0 Å². The summed E-state index contributed by atoms with van der Waals surface area (Å²) in [6.07, 6.45) is 19.1. The van der Waals surface area contributed by atoms with Crippen molar-refractivity contribution in [3.05, 3.63) is 35.4 Å². The van der Waals surface area contributed by atoms with Gasteiger partial charge < -0.3 is 9.84 Å². The van der Waals surface area contributed by atoms with Crippen LogP contribution in [-0.2, 0) is 4.74 Å². The molecule has 160 valence electrons. The molecule has 0 saturated heterocycles. The largest absolute Gasteiger partial charge is 0.478 e. The highest BCUT2D eigenvalue weighted by molar-refractivity contribution is 5.87. The van der Waals surface area contributed by atoms with E-state index in [9.17, 15) is 4.79 Å². The number of hydrogen-bond acceptors (Lipinski definition) is 2. The molecule has 3 heteroatoms. The Bertz CT molecular complexity index is 495. The van der Waals surface area contributed by atoms with Gasteiger partial charge in [0.1, 0.15) is 0 Å². The summed E-state index contributed by atoms with van der Waals surface area (Å²) >= 11 is 0. The van der Waals surface area contributed by atoms with Crippen LogP contribution in [0.4, 0.5) is 0 Å². The molecule has 1 aromatic rings. The van der Waals surface area contributed by atoms with Gasteiger partial charge >= 0.3 is 5.97 Å². The van der Waals surface area contributed by atoms with E-state index in [1.54, 1.807) is 12.1 Å². The van der Waals surface area contributed by atoms with Crippen LogP contribution in [0.15, 0.2) is 24.3 Å². The quantitative estimate of drug-likeness (QED) is 0.259. The lowest BCUT2D eigenvalue weighted by Gasteiger charge is -2.13. The van der Waals surface area contributed by atoms with Gasteiger partial charge in [-0.1, -0.05) is 103 Å². The summed E-state index contributed by atoms with van der Waals surface area (Å²) in [6, 6.07) is 6.98. The number of carboxylic acid groups (broad SMARTS) is 1. The van der Waals surface area contributed by atoms with Gasteiger partial charge in [-0.2, -0.15) is 0 Å². The molecule has 0 bridgehead atoms. The molecule has 28 heavy (non-hydrogen) atoms. The second-order valence-electron chi connectivity index (χ2n) is 8.04. The predicted molar refractivity (Wildman–Crippen MR) is 118 cm³/mol. The van der Waals surface area contributed by atoms with E-state index in [0.29, 0.717) is 5.56 Å². The highest BCUT2D eigenvalue weighted by atomic mass is 16.5. The normalized spacial score (nSPS) is 12.2. The van der Waals surface area contributed by atoms with Crippen LogP contribution in [0.1, 0.15) is 126 Å². The number of unbranched alkanes of at least 4 members (excludes halogenated alkanes) is 13. The van der Waals surface area contributed by atoms with Crippen molar-refractivity contribution in [2.45, 2.75) is 110 Å². The van der Waals surface area contributed by atoms with Crippen molar-refractivity contribution in [2.24, 2.45) is 0 Å². The second-order valence-corrected chi connectivity index (χ2v) is 8.04. The number of hydrogen-bond donors (Lipinski definition) is 1. The third-order valence-electron chi connectivity index (χ3n) is 5.49. The number of ether oxygens (including phenoxy) is 1. The van der Waals surface area contributed by atoms with Gasteiger partial charge in [-0.25, -0.2) is 4.79 Å². The van der Waals surface area contributed by atoms with E-state index in [2.05, 4.69) is 6.92 Å². The Kier molecular flexibility index (Phi) is 14.6. The minimum absolute atomic E-state index is 0.0183. The topological polar surface area (TPSA) is 46.5 Å². The summed E-state index contributed by atoms with van der Waals surface area (Å²) in [5.74, 6) is -0.887. The van der Waals surface area contributed by atoms with Crippen LogP contribution in [0.3, 0.4) is 0 Å². The Balaban J connectivity index is 1.89. The average molecular weight is 391 g/mol. The van der Waals surface area contributed by atoms with Gasteiger partial charge in [-0.15, -0.1) is 0 Å². The Morgan fingerprint density at radius 1 is 0.786 bits per heavy atom. The zero-order valence-electron chi connectivity index (χ0n) is 18.3. The molecule has 0 spiro atoms. The van der Waals surface area contributed by atoms with E-state index in [1.165, 1.54) is 83.5 Å². The van der Waals surface area contributed by atoms with Crippen molar-refractivity contribution in [1.82, 2.24) is 0 Å². The Labute approximate surface area is 172 Å². The van der Waals surface area contributed by atoms with E-state index >= 15 is 0 Å². The maximum atomic E-state index is 10.9. The summed E-state index contributed by atoms with van der Waals surface area (Å²) in [5.41, 5.74) is 1.36. The predicted octanol–water partition coefficient (Wildman–Crippen LogP) is 7.94. The van der Waals surface area contributed by atoms with Gasteiger partial charge in [-0.05, 0) is 31.0 Å². The molecule has 0 fully saturated rings. The molecule has 3 nitrogen and oxygen atoms in total. The van der Waals surface area contributed by atoms with Crippen LogP contribution in [0.5, 0.6) is 0 Å². The first-order chi connectivity index (χ1) is 13.6. The third-order valence-corrected chi connectivity index (χ3v) is 5.49. The van der Waals surface area contributed by atoms with E-state index in [0.717, 1.165) is 18.6 Å². The van der Waals surface area contributed by atoms with Crippen molar-refractivity contribution < 1.29 is 14.6 Å². The lowest BCUT2D eigenvalue weighted by molar-refractivity contribution is 0.0624. The van der Waals surface area contributed by atoms with E-state index in [-0.39, 0.29) is 6.10 Å². The standard InChI is InChI=1S/C25H42O3/c1-3-4-5-6-7-8-9-10-11-12-13-14-15-16-21-28-22(2)23-17-19-24(20-18-23)25(26)27/h17-20,22H,3-16,21H2,1-2H3,(H,26,27). The summed E-state index contributed by atoms with van der Waals surface area (Å²) in [6.45, 7) is 5.08. The molecule has 0 heterocycles. The maximum absolute atomic E-state index is 10.9. The van der Waals surface area contributed by atoms with Crippen LogP contribution in [0.2, 0.25) is 0 Å². The average Bonchev–Trinajstić information content (AvgIpc) is 2.70. The van der Waals surface area contributed by atoms with E-state index in [1.807, 2.05) is 19.1 Å². The van der Waals surface area contributed by atoms with Crippen molar-refractivity contribution in [3.63, 3.8) is 0 Å². The molecule has 1 aromatic carbocycles. The second kappa shape index (κ2) is 16.6. The molecule has 1 N–H and O–H groups in total. The Morgan fingerprint density at radius 2 is 1.21 bits per heavy atom. The smallest absolute Gasteiger partial charge is 0.335 e. The first kappa shape index (κ1) is 24.7. The fourth-order valence-electron chi connectivity index (χ4n) is 3.55. The van der Waals surface area contributed by atoms with Crippen LogP contribution in [0, 0.1) is 0 Å². The highest BCUT2D eigenvalue weighted by Crippen LogP contribution is 2.18. The molecule has 0 saturated carbocycles. The van der Waals surface area contributed by atoms with Crippen molar-refractivity contribution in [2.75, 3.05) is 6.61 Å². The SMILES string of the molecule is CCCCCCCCCCCCCCCCOC(C)c1ccc(C(=O)O)cc1. The van der Waals surface area contributed by atoms with Crippen LogP contribution >= 0.6 is 0 Å². The van der Waals surface area contributed by atoms with Crippen molar-refractivity contribution in [1.29, 1.82) is 0 Å². The van der Waals surface area contributed by atoms with Gasteiger partial charge in [-0.3, -0.25) is 0 Å². The number of rotatable bonds is 18. The molecule has 0 aliphatic heterocycles. The fourth-order valence-corrected chi connectivity index (χ4v) is 3.55. The van der Waals surface area contributed by atoms with Crippen LogP contribution in [-0.4, -0.2) is 17.7 Å². The first-order valence-corrected chi connectivity index (χ1v) is 11.6. The van der Waals surface area contributed by atoms with Gasteiger partial charge in [0, 0.05) is 6.61 Å². The first-order valence-electron chi connectivity index (χ1n) is 11.6. The molecule has 1 atom stereocenters. The van der Waals surface area contributed by atoms with Crippen molar-refractivity contribution >= 4 is 5.97 Å². The summed E-state index contributed by atoms with van der Waals surface area (Å²) in [7, 11) is 0. The van der Waals surface area contributed by atoms with E-state index < -0.39 is 5.97 Å². The minimum atomic E-state index is -0.887. The molecule has 0 aromatic heterocycles. The van der Waals surface area contributed by atoms with Gasteiger partial charge in [0.15, 0.2) is 0 Å². The zero-order chi connectivity index (χ0) is 20.5. The molecule has 1 rings (SSSR count). The Morgan fingerprint density at radius 3 is 1.64 bits per heavy atom. The Hall–Kier alpha value is -1.35. The summed E-state index contributed by atoms with van der Waals surface area (Å²) in [4.78, 5) is 10.9. The highest BCUT2D eigenvalue weighted by Gasteiger charge is 2.07. The molecule has 1 unspecified atom stereocenters. The minimum Gasteiger partial charge on any atom is -0.478 e. The van der Waals surface area contributed by atoms with Crippen LogP contribution in [0.25, 0.3) is 0 Å². The molecule has 0 aliphatic carbocycles. The van der Waals surface area contributed by atoms with Gasteiger partial charge in [0.25, 0.3) is 0 Å². The van der Waals surface area contributed by atoms with Gasteiger partial charge in [0.2, 0.25) is 0 Å². The fraction of sp³-hybridized carbons (Fsp3) is 0.720. The number of aromatic carboxylic acids is 1. The molecule has 0 radical (unpaired) electrons. The summed E-state index contributed by atoms with van der Waals surface area (Å²) < 4.78 is 5.89. The molecule has 0 aliphatic rings. The lowest BCUT2D eigenvalue weighted by Crippen LogP contribution is -2.03. The molecular formula is C25H42O3. The number of carbonyl (C=O) groups is 1. The number of benzene rings is 1. The molecule has 0 amide bonds.